The molecule has 26 heavy (non-hydrogen) atoms. The summed E-state index contributed by atoms with van der Waals surface area (Å²) in [5.74, 6) is 0.300. The van der Waals surface area contributed by atoms with Gasteiger partial charge in [-0.1, -0.05) is 30.3 Å². The number of benzene rings is 1. The Hall–Kier alpha value is -1.43. The van der Waals surface area contributed by atoms with Crippen LogP contribution in [0, 0.1) is 5.41 Å². The highest BCUT2D eigenvalue weighted by Gasteiger charge is 2.45. The summed E-state index contributed by atoms with van der Waals surface area (Å²) < 4.78 is 5.40. The van der Waals surface area contributed by atoms with E-state index in [1.807, 2.05) is 18.2 Å². The molecule has 0 unspecified atom stereocenters. The Morgan fingerprint density at radius 1 is 1.19 bits per heavy atom. The Balaban J connectivity index is 1.63. The highest BCUT2D eigenvalue weighted by molar-refractivity contribution is 5.84. The van der Waals surface area contributed by atoms with Crippen molar-refractivity contribution in [3.63, 3.8) is 0 Å². The third-order valence-corrected chi connectivity index (χ3v) is 6.06. The Morgan fingerprint density at radius 3 is 2.58 bits per heavy atom. The predicted octanol–water partition coefficient (Wildman–Crippen LogP) is 2.11. The van der Waals surface area contributed by atoms with Gasteiger partial charge in [0, 0.05) is 19.6 Å². The SMILES string of the molecule is CCN1CC2(CCN(CCOCCO)CC2)C[C@@H](c2ccccc2)C1=O. The molecule has 1 N–H and O–H groups in total. The average molecular weight is 360 g/mol. The second-order valence-electron chi connectivity index (χ2n) is 7.70. The van der Waals surface area contributed by atoms with Crippen molar-refractivity contribution in [1.82, 2.24) is 9.80 Å². The molecule has 1 aromatic rings. The van der Waals surface area contributed by atoms with Gasteiger partial charge in [0.25, 0.3) is 0 Å². The van der Waals surface area contributed by atoms with Gasteiger partial charge in [0.15, 0.2) is 0 Å². The van der Waals surface area contributed by atoms with Crippen molar-refractivity contribution in [3.05, 3.63) is 35.9 Å². The molecule has 2 fully saturated rings. The molecule has 0 bridgehead atoms. The van der Waals surface area contributed by atoms with Crippen LogP contribution in [0.4, 0.5) is 0 Å². The van der Waals surface area contributed by atoms with Crippen LogP contribution in [0.2, 0.25) is 0 Å². The molecule has 5 heteroatoms. The molecule has 0 radical (unpaired) electrons. The van der Waals surface area contributed by atoms with Crippen molar-refractivity contribution >= 4 is 5.91 Å². The molecule has 0 saturated carbocycles. The summed E-state index contributed by atoms with van der Waals surface area (Å²) in [5, 5.41) is 8.79. The van der Waals surface area contributed by atoms with Crippen LogP contribution >= 0.6 is 0 Å². The predicted molar refractivity (Wildman–Crippen MR) is 102 cm³/mol. The first-order valence-corrected chi connectivity index (χ1v) is 9.92. The lowest BCUT2D eigenvalue weighted by molar-refractivity contribution is -0.141. The highest BCUT2D eigenvalue weighted by Crippen LogP contribution is 2.45. The van der Waals surface area contributed by atoms with Gasteiger partial charge in [-0.25, -0.2) is 0 Å². The molecule has 2 aliphatic rings. The Kier molecular flexibility index (Phi) is 6.68. The van der Waals surface area contributed by atoms with E-state index in [-0.39, 0.29) is 17.9 Å². The second-order valence-corrected chi connectivity index (χ2v) is 7.70. The second kappa shape index (κ2) is 8.98. The van der Waals surface area contributed by atoms with E-state index in [0.717, 1.165) is 57.5 Å². The number of nitrogens with zero attached hydrogens (tertiary/aromatic N) is 2. The summed E-state index contributed by atoms with van der Waals surface area (Å²) in [6.45, 7) is 8.03. The average Bonchev–Trinajstić information content (AvgIpc) is 2.69. The van der Waals surface area contributed by atoms with Gasteiger partial charge in [0.2, 0.25) is 5.91 Å². The summed E-state index contributed by atoms with van der Waals surface area (Å²) in [7, 11) is 0. The number of aliphatic hydroxyl groups excluding tert-OH is 1. The maximum atomic E-state index is 12.9. The maximum Gasteiger partial charge on any atom is 0.230 e. The van der Waals surface area contributed by atoms with Gasteiger partial charge in [-0.15, -0.1) is 0 Å². The molecule has 2 heterocycles. The van der Waals surface area contributed by atoms with Crippen molar-refractivity contribution < 1.29 is 14.6 Å². The smallest absolute Gasteiger partial charge is 0.230 e. The van der Waals surface area contributed by atoms with Gasteiger partial charge >= 0.3 is 0 Å². The Labute approximate surface area is 156 Å². The summed E-state index contributed by atoms with van der Waals surface area (Å²) in [6.07, 6.45) is 3.25. The first kappa shape index (κ1) is 19.3. The van der Waals surface area contributed by atoms with E-state index < -0.39 is 0 Å². The Bertz CT molecular complexity index is 570. The van der Waals surface area contributed by atoms with Gasteiger partial charge in [-0.3, -0.25) is 4.79 Å². The number of hydrogen-bond acceptors (Lipinski definition) is 4. The topological polar surface area (TPSA) is 53.0 Å². The van der Waals surface area contributed by atoms with Crippen LogP contribution in [0.5, 0.6) is 0 Å². The highest BCUT2D eigenvalue weighted by atomic mass is 16.5. The fourth-order valence-corrected chi connectivity index (χ4v) is 4.47. The number of carbonyl (C=O) groups is 1. The third-order valence-electron chi connectivity index (χ3n) is 6.06. The van der Waals surface area contributed by atoms with E-state index in [4.69, 9.17) is 9.84 Å². The van der Waals surface area contributed by atoms with Crippen LogP contribution < -0.4 is 0 Å². The molecule has 0 aliphatic carbocycles. The van der Waals surface area contributed by atoms with E-state index in [9.17, 15) is 4.79 Å². The van der Waals surface area contributed by atoms with Gasteiger partial charge in [-0.05, 0) is 50.3 Å². The summed E-state index contributed by atoms with van der Waals surface area (Å²) in [6, 6.07) is 10.3. The number of ether oxygens (including phenoxy) is 1. The van der Waals surface area contributed by atoms with E-state index in [1.165, 1.54) is 0 Å². The lowest BCUT2D eigenvalue weighted by atomic mass is 9.67. The van der Waals surface area contributed by atoms with Crippen LogP contribution in [0.15, 0.2) is 30.3 Å². The molecule has 3 rings (SSSR count). The first-order valence-electron chi connectivity index (χ1n) is 9.92. The zero-order valence-electron chi connectivity index (χ0n) is 15.9. The van der Waals surface area contributed by atoms with E-state index in [0.29, 0.717) is 19.1 Å². The number of carbonyl (C=O) groups excluding carboxylic acids is 1. The number of likely N-dealkylation sites (tertiary alicyclic amines) is 2. The van der Waals surface area contributed by atoms with Gasteiger partial charge < -0.3 is 19.6 Å². The van der Waals surface area contributed by atoms with Gasteiger partial charge in [0.1, 0.15) is 0 Å². The van der Waals surface area contributed by atoms with Crippen LogP contribution in [0.25, 0.3) is 0 Å². The molecule has 5 nitrogen and oxygen atoms in total. The number of rotatable bonds is 7. The standard InChI is InChI=1S/C21H32N2O3/c1-2-23-17-21(8-10-22(11-9-21)12-14-26-15-13-24)16-19(20(23)25)18-6-4-3-5-7-18/h3-7,19,24H,2,8-17H2,1H3/t19-/m0/s1. The molecule has 2 aliphatic heterocycles. The summed E-state index contributed by atoms with van der Waals surface area (Å²) in [5.41, 5.74) is 1.40. The fourth-order valence-electron chi connectivity index (χ4n) is 4.47. The molecule has 2 saturated heterocycles. The largest absolute Gasteiger partial charge is 0.394 e. The minimum absolute atomic E-state index is 0.00402. The molecule has 1 amide bonds. The molecule has 144 valence electrons. The van der Waals surface area contributed by atoms with Crippen LogP contribution in [0.3, 0.4) is 0 Å². The molecule has 1 aromatic carbocycles. The number of piperidine rings is 2. The summed E-state index contributed by atoms with van der Waals surface area (Å²) in [4.78, 5) is 17.5. The van der Waals surface area contributed by atoms with E-state index in [1.54, 1.807) is 0 Å². The van der Waals surface area contributed by atoms with Crippen LogP contribution in [0.1, 0.15) is 37.7 Å². The maximum absolute atomic E-state index is 12.9. The van der Waals surface area contributed by atoms with Crippen molar-refractivity contribution in [2.24, 2.45) is 5.41 Å². The number of hydrogen-bond donors (Lipinski definition) is 1. The number of aliphatic hydroxyl groups is 1. The Morgan fingerprint density at radius 2 is 1.92 bits per heavy atom. The van der Waals surface area contributed by atoms with Gasteiger partial charge in [-0.2, -0.15) is 0 Å². The number of amides is 1. The minimum atomic E-state index is 0.00402. The van der Waals surface area contributed by atoms with Crippen molar-refractivity contribution in [2.45, 2.75) is 32.1 Å². The monoisotopic (exact) mass is 360 g/mol. The zero-order chi connectivity index (χ0) is 18.4. The zero-order valence-corrected chi connectivity index (χ0v) is 15.9. The fraction of sp³-hybridized carbons (Fsp3) is 0.667. The molecular formula is C21H32N2O3. The normalized spacial score (nSPS) is 23.5. The molecule has 0 aromatic heterocycles. The van der Waals surface area contributed by atoms with Crippen LogP contribution in [-0.2, 0) is 9.53 Å². The van der Waals surface area contributed by atoms with Crippen molar-refractivity contribution in [1.29, 1.82) is 0 Å². The molecule has 1 spiro atoms. The minimum Gasteiger partial charge on any atom is -0.394 e. The third kappa shape index (κ3) is 4.45. The van der Waals surface area contributed by atoms with Crippen molar-refractivity contribution in [3.8, 4) is 0 Å². The first-order chi connectivity index (χ1) is 12.7. The quantitative estimate of drug-likeness (QED) is 0.757. The van der Waals surface area contributed by atoms with E-state index >= 15 is 0 Å². The van der Waals surface area contributed by atoms with Crippen LogP contribution in [-0.4, -0.2) is 73.4 Å². The van der Waals surface area contributed by atoms with E-state index in [2.05, 4.69) is 28.9 Å². The van der Waals surface area contributed by atoms with Crippen molar-refractivity contribution in [2.75, 3.05) is 52.5 Å². The lowest BCUT2D eigenvalue weighted by Gasteiger charge is -2.49. The number of likely N-dealkylation sites (N-methyl/N-ethyl adjacent to an activating group) is 1. The molecular weight excluding hydrogens is 328 g/mol. The van der Waals surface area contributed by atoms with Gasteiger partial charge in [0.05, 0.1) is 25.7 Å². The molecule has 1 atom stereocenters. The lowest BCUT2D eigenvalue weighted by Crippen LogP contribution is -2.54. The summed E-state index contributed by atoms with van der Waals surface area (Å²) >= 11 is 0.